The van der Waals surface area contributed by atoms with Crippen molar-refractivity contribution in [2.75, 3.05) is 13.7 Å². The molecule has 150 valence electrons. The van der Waals surface area contributed by atoms with E-state index >= 15 is 0 Å². The summed E-state index contributed by atoms with van der Waals surface area (Å²) in [6.45, 7) is 3.18. The Morgan fingerprint density at radius 3 is 2.72 bits per heavy atom. The van der Waals surface area contributed by atoms with Gasteiger partial charge in [0.15, 0.2) is 0 Å². The van der Waals surface area contributed by atoms with E-state index in [1.54, 1.807) is 7.11 Å². The van der Waals surface area contributed by atoms with Crippen LogP contribution in [-0.4, -0.2) is 29.4 Å². The van der Waals surface area contributed by atoms with Gasteiger partial charge in [0, 0.05) is 41.1 Å². The minimum absolute atomic E-state index is 0.131. The molecule has 3 rings (SSSR count). The number of carbonyl (C=O) groups is 1. The van der Waals surface area contributed by atoms with Gasteiger partial charge in [0.25, 0.3) is 5.91 Å². The van der Waals surface area contributed by atoms with Gasteiger partial charge in [-0.2, -0.15) is 0 Å². The standard InChI is InChI=1S/C24H25BrN2O2/c1-3-4-5-9-23(28)27(17-18-10-12-20(29-2)13-11-18)15-14-19-16-26-22-8-6-7-21(25)24(19)22/h6-8,10-13,16,26H,3-4,14-15,17H2,1-2H3. The maximum atomic E-state index is 12.7. The van der Waals surface area contributed by atoms with Crippen LogP contribution in [0.2, 0.25) is 0 Å². The average molecular weight is 453 g/mol. The van der Waals surface area contributed by atoms with Crippen molar-refractivity contribution in [2.45, 2.75) is 32.7 Å². The molecule has 0 aliphatic rings. The number of fused-ring (bicyclic) bond motifs is 1. The maximum absolute atomic E-state index is 12.7. The van der Waals surface area contributed by atoms with E-state index in [1.807, 2.05) is 47.5 Å². The lowest BCUT2D eigenvalue weighted by molar-refractivity contribution is -0.125. The number of hydrogen-bond acceptors (Lipinski definition) is 2. The zero-order valence-electron chi connectivity index (χ0n) is 16.8. The molecule has 0 fully saturated rings. The van der Waals surface area contributed by atoms with Crippen LogP contribution in [0.15, 0.2) is 53.1 Å². The number of benzene rings is 2. The highest BCUT2D eigenvalue weighted by molar-refractivity contribution is 9.10. The quantitative estimate of drug-likeness (QED) is 0.493. The van der Waals surface area contributed by atoms with Crippen LogP contribution < -0.4 is 4.74 Å². The monoisotopic (exact) mass is 452 g/mol. The molecule has 0 saturated carbocycles. The van der Waals surface area contributed by atoms with Crippen LogP contribution in [0.5, 0.6) is 5.75 Å². The summed E-state index contributed by atoms with van der Waals surface area (Å²) in [5, 5.41) is 1.17. The van der Waals surface area contributed by atoms with Crippen LogP contribution in [0.1, 0.15) is 30.9 Å². The molecule has 1 N–H and O–H groups in total. The van der Waals surface area contributed by atoms with Crippen molar-refractivity contribution in [2.24, 2.45) is 0 Å². The summed E-state index contributed by atoms with van der Waals surface area (Å²) < 4.78 is 6.28. The summed E-state index contributed by atoms with van der Waals surface area (Å²) in [4.78, 5) is 17.9. The Kier molecular flexibility index (Phi) is 7.37. The molecule has 0 aliphatic heterocycles. The number of unbranched alkanes of at least 4 members (excludes halogenated alkanes) is 1. The minimum Gasteiger partial charge on any atom is -0.497 e. The highest BCUT2D eigenvalue weighted by atomic mass is 79.9. The minimum atomic E-state index is -0.131. The molecule has 29 heavy (non-hydrogen) atoms. The summed E-state index contributed by atoms with van der Waals surface area (Å²) in [7, 11) is 1.65. The van der Waals surface area contributed by atoms with Gasteiger partial charge in [0.2, 0.25) is 0 Å². The van der Waals surface area contributed by atoms with Crippen LogP contribution in [0.4, 0.5) is 0 Å². The smallest absolute Gasteiger partial charge is 0.298 e. The van der Waals surface area contributed by atoms with E-state index in [4.69, 9.17) is 4.74 Å². The van der Waals surface area contributed by atoms with Gasteiger partial charge in [-0.3, -0.25) is 4.79 Å². The topological polar surface area (TPSA) is 45.3 Å². The highest BCUT2D eigenvalue weighted by Gasteiger charge is 2.14. The molecule has 0 saturated heterocycles. The maximum Gasteiger partial charge on any atom is 0.298 e. The number of nitrogens with one attached hydrogen (secondary N) is 1. The molecular formula is C24H25BrN2O2. The molecule has 4 nitrogen and oxygen atoms in total. The molecular weight excluding hydrogens is 428 g/mol. The number of ether oxygens (including phenoxy) is 1. The third-order valence-electron chi connectivity index (χ3n) is 4.78. The number of rotatable bonds is 7. The number of aromatic nitrogens is 1. The van der Waals surface area contributed by atoms with Crippen molar-refractivity contribution >= 4 is 32.7 Å². The number of nitrogens with zero attached hydrogens (tertiary/aromatic N) is 1. The van der Waals surface area contributed by atoms with Gasteiger partial charge < -0.3 is 14.6 Å². The molecule has 0 aliphatic carbocycles. The van der Waals surface area contributed by atoms with Crippen molar-refractivity contribution in [3.05, 3.63) is 64.3 Å². The molecule has 0 unspecified atom stereocenters. The zero-order valence-corrected chi connectivity index (χ0v) is 18.4. The Balaban J connectivity index is 1.78. The summed E-state index contributed by atoms with van der Waals surface area (Å²) in [6, 6.07) is 13.9. The van der Waals surface area contributed by atoms with E-state index in [9.17, 15) is 4.79 Å². The number of H-pyrrole nitrogens is 1. The van der Waals surface area contributed by atoms with Crippen molar-refractivity contribution < 1.29 is 9.53 Å². The highest BCUT2D eigenvalue weighted by Crippen LogP contribution is 2.27. The van der Waals surface area contributed by atoms with Gasteiger partial charge in [-0.15, -0.1) is 0 Å². The molecule has 1 amide bonds. The number of hydrogen-bond donors (Lipinski definition) is 1. The number of aromatic amines is 1. The molecule has 2 aromatic carbocycles. The summed E-state index contributed by atoms with van der Waals surface area (Å²) >= 11 is 3.64. The Morgan fingerprint density at radius 1 is 1.21 bits per heavy atom. The lowest BCUT2D eigenvalue weighted by Gasteiger charge is -2.20. The first-order valence-electron chi connectivity index (χ1n) is 9.77. The normalized spacial score (nSPS) is 10.4. The first-order valence-corrected chi connectivity index (χ1v) is 10.6. The van der Waals surface area contributed by atoms with Gasteiger partial charge >= 0.3 is 0 Å². The lowest BCUT2D eigenvalue weighted by Crippen LogP contribution is -2.31. The molecule has 1 heterocycles. The van der Waals surface area contributed by atoms with E-state index in [0.29, 0.717) is 13.1 Å². The van der Waals surface area contributed by atoms with Gasteiger partial charge in [0.1, 0.15) is 5.75 Å². The fourth-order valence-corrected chi connectivity index (χ4v) is 3.83. The summed E-state index contributed by atoms with van der Waals surface area (Å²) in [5.41, 5.74) is 3.32. The lowest BCUT2D eigenvalue weighted by atomic mass is 10.1. The van der Waals surface area contributed by atoms with Crippen LogP contribution >= 0.6 is 15.9 Å². The number of amides is 1. The predicted octanol–water partition coefficient (Wildman–Crippen LogP) is 5.31. The van der Waals surface area contributed by atoms with Crippen LogP contribution in [0.3, 0.4) is 0 Å². The Morgan fingerprint density at radius 2 is 2.00 bits per heavy atom. The van der Waals surface area contributed by atoms with Gasteiger partial charge in [-0.25, -0.2) is 0 Å². The number of methoxy groups -OCH3 is 1. The van der Waals surface area contributed by atoms with Crippen LogP contribution in [-0.2, 0) is 17.8 Å². The summed E-state index contributed by atoms with van der Waals surface area (Å²) in [6.07, 6.45) is 4.45. The SMILES string of the molecule is CCCC#CC(=O)N(CCc1c[nH]c2cccc(Br)c12)Cc1ccc(OC)cc1. The second kappa shape index (κ2) is 10.2. The molecule has 1 aromatic heterocycles. The van der Waals surface area contributed by atoms with Gasteiger partial charge in [-0.05, 0) is 54.2 Å². The van der Waals surface area contributed by atoms with Crippen LogP contribution in [0, 0.1) is 11.8 Å². The number of carbonyl (C=O) groups excluding carboxylic acids is 1. The molecule has 0 bridgehead atoms. The summed E-state index contributed by atoms with van der Waals surface area (Å²) in [5.74, 6) is 6.45. The van der Waals surface area contributed by atoms with E-state index in [1.165, 1.54) is 10.9 Å². The van der Waals surface area contributed by atoms with E-state index < -0.39 is 0 Å². The third kappa shape index (κ3) is 5.42. The van der Waals surface area contributed by atoms with Crippen molar-refractivity contribution in [1.29, 1.82) is 0 Å². The van der Waals surface area contributed by atoms with Crippen molar-refractivity contribution in [3.8, 4) is 17.6 Å². The predicted molar refractivity (Wildman–Crippen MR) is 121 cm³/mol. The van der Waals surface area contributed by atoms with E-state index in [2.05, 4.69) is 45.7 Å². The first kappa shape index (κ1) is 21.0. The first-order chi connectivity index (χ1) is 14.1. The number of halogens is 1. The second-order valence-corrected chi connectivity index (χ2v) is 7.71. The van der Waals surface area contributed by atoms with E-state index in [-0.39, 0.29) is 5.91 Å². The van der Waals surface area contributed by atoms with Crippen LogP contribution in [0.25, 0.3) is 10.9 Å². The Bertz CT molecular complexity index is 1030. The molecule has 0 spiro atoms. The van der Waals surface area contributed by atoms with Crippen molar-refractivity contribution in [1.82, 2.24) is 9.88 Å². The van der Waals surface area contributed by atoms with E-state index in [0.717, 1.165) is 40.6 Å². The zero-order chi connectivity index (χ0) is 20.6. The molecule has 0 radical (unpaired) electrons. The average Bonchev–Trinajstić information content (AvgIpc) is 3.16. The van der Waals surface area contributed by atoms with Gasteiger partial charge in [0.05, 0.1) is 7.11 Å². The third-order valence-corrected chi connectivity index (χ3v) is 5.44. The molecule has 0 atom stereocenters. The Hall–Kier alpha value is -2.71. The van der Waals surface area contributed by atoms with Gasteiger partial charge in [-0.1, -0.05) is 47.0 Å². The van der Waals surface area contributed by atoms with Crippen molar-refractivity contribution in [3.63, 3.8) is 0 Å². The fourth-order valence-electron chi connectivity index (χ4n) is 3.21. The Labute approximate surface area is 180 Å². The second-order valence-electron chi connectivity index (χ2n) is 6.85. The molecule has 5 heteroatoms. The molecule has 3 aromatic rings. The fraction of sp³-hybridized carbons (Fsp3) is 0.292. The largest absolute Gasteiger partial charge is 0.497 e.